The van der Waals surface area contributed by atoms with Gasteiger partial charge in [-0.15, -0.1) is 0 Å². The Bertz CT molecular complexity index is 623. The average molecular weight is 313 g/mol. The first-order valence-electron chi connectivity index (χ1n) is 8.15. The Hall–Kier alpha value is -2.00. The van der Waals surface area contributed by atoms with E-state index >= 15 is 0 Å². The number of rotatable bonds is 8. The number of methoxy groups -OCH3 is 1. The molecule has 0 amide bonds. The van der Waals surface area contributed by atoms with Crippen molar-refractivity contribution < 1.29 is 9.47 Å². The maximum Gasteiger partial charge on any atom is 0.166 e. The predicted octanol–water partition coefficient (Wildman–Crippen LogP) is 4.33. The lowest BCUT2D eigenvalue weighted by Gasteiger charge is -2.16. The van der Waals surface area contributed by atoms with Gasteiger partial charge in [0.05, 0.1) is 7.11 Å². The lowest BCUT2D eigenvalue weighted by Crippen LogP contribution is -2.19. The van der Waals surface area contributed by atoms with Crippen LogP contribution in [-0.4, -0.2) is 13.7 Å². The molecular formula is C20H27NO2. The van der Waals surface area contributed by atoms with E-state index in [0.29, 0.717) is 12.5 Å². The highest BCUT2D eigenvalue weighted by atomic mass is 16.5. The van der Waals surface area contributed by atoms with E-state index in [0.717, 1.165) is 35.7 Å². The fraction of sp³-hybridized carbons (Fsp3) is 0.400. The summed E-state index contributed by atoms with van der Waals surface area (Å²) in [6.45, 7) is 8.79. The number of benzene rings is 2. The number of ether oxygens (including phenoxy) is 2. The molecule has 2 aromatic carbocycles. The number of hydrogen-bond donors (Lipinski definition) is 1. The van der Waals surface area contributed by atoms with Gasteiger partial charge in [-0.2, -0.15) is 0 Å². The highest BCUT2D eigenvalue weighted by Crippen LogP contribution is 2.31. The molecule has 0 saturated carbocycles. The molecule has 0 heterocycles. The zero-order valence-corrected chi connectivity index (χ0v) is 14.6. The summed E-state index contributed by atoms with van der Waals surface area (Å²) in [5, 5.41) is 3.46. The van der Waals surface area contributed by atoms with Gasteiger partial charge < -0.3 is 14.8 Å². The third kappa shape index (κ3) is 5.29. The summed E-state index contributed by atoms with van der Waals surface area (Å²) in [5.74, 6) is 2.23. The van der Waals surface area contributed by atoms with Crippen LogP contribution in [0, 0.1) is 12.8 Å². The largest absolute Gasteiger partial charge is 0.493 e. The molecule has 0 aliphatic heterocycles. The van der Waals surface area contributed by atoms with E-state index in [9.17, 15) is 0 Å². The predicted molar refractivity (Wildman–Crippen MR) is 95.0 cm³/mol. The monoisotopic (exact) mass is 313 g/mol. The highest BCUT2D eigenvalue weighted by Gasteiger charge is 2.11. The first-order chi connectivity index (χ1) is 11.1. The third-order valence-electron chi connectivity index (χ3n) is 3.61. The molecule has 2 aromatic rings. The Morgan fingerprint density at radius 1 is 1.09 bits per heavy atom. The van der Waals surface area contributed by atoms with Crippen molar-refractivity contribution in [3.8, 4) is 11.5 Å². The van der Waals surface area contributed by atoms with E-state index < -0.39 is 0 Å². The van der Waals surface area contributed by atoms with Crippen LogP contribution in [0.1, 0.15) is 30.5 Å². The Morgan fingerprint density at radius 2 is 1.87 bits per heavy atom. The van der Waals surface area contributed by atoms with Crippen molar-refractivity contribution in [1.29, 1.82) is 0 Å². The van der Waals surface area contributed by atoms with Crippen LogP contribution in [-0.2, 0) is 13.2 Å². The van der Waals surface area contributed by atoms with Gasteiger partial charge in [0, 0.05) is 12.1 Å². The first-order valence-corrected chi connectivity index (χ1v) is 8.15. The van der Waals surface area contributed by atoms with Gasteiger partial charge in [0.1, 0.15) is 6.61 Å². The van der Waals surface area contributed by atoms with Gasteiger partial charge in [-0.25, -0.2) is 0 Å². The molecule has 0 fully saturated rings. The Balaban J connectivity index is 2.11. The summed E-state index contributed by atoms with van der Waals surface area (Å²) in [5.41, 5.74) is 3.53. The van der Waals surface area contributed by atoms with E-state index in [4.69, 9.17) is 9.47 Å². The molecule has 23 heavy (non-hydrogen) atoms. The molecule has 0 bridgehead atoms. The molecular weight excluding hydrogens is 286 g/mol. The number of hydrogen-bond acceptors (Lipinski definition) is 3. The molecule has 0 aromatic heterocycles. The third-order valence-corrected chi connectivity index (χ3v) is 3.61. The highest BCUT2D eigenvalue weighted by molar-refractivity contribution is 5.46. The Labute approximate surface area is 139 Å². The summed E-state index contributed by atoms with van der Waals surface area (Å²) in [6, 6.07) is 14.4. The van der Waals surface area contributed by atoms with Gasteiger partial charge in [0.15, 0.2) is 11.5 Å². The molecule has 0 atom stereocenters. The number of para-hydroxylation sites is 1. The minimum atomic E-state index is 0.541. The summed E-state index contributed by atoms with van der Waals surface area (Å²) in [6.07, 6.45) is 0. The molecule has 1 N–H and O–H groups in total. The topological polar surface area (TPSA) is 30.5 Å². The first kappa shape index (κ1) is 17.4. The molecule has 0 spiro atoms. The van der Waals surface area contributed by atoms with Gasteiger partial charge in [-0.3, -0.25) is 0 Å². The van der Waals surface area contributed by atoms with E-state index in [2.05, 4.69) is 56.4 Å². The van der Waals surface area contributed by atoms with Crippen molar-refractivity contribution in [3.63, 3.8) is 0 Å². The SMILES string of the molecule is COc1cccc(CNCC(C)C)c1OCc1cccc(C)c1. The standard InChI is InChI=1S/C20H27NO2/c1-15(2)12-21-13-18-9-6-10-19(22-4)20(18)23-14-17-8-5-7-16(3)11-17/h5-11,15,21H,12-14H2,1-4H3. The fourth-order valence-electron chi connectivity index (χ4n) is 2.48. The van der Waals surface area contributed by atoms with E-state index in [1.54, 1.807) is 7.11 Å². The molecule has 2 rings (SSSR count). The molecule has 0 unspecified atom stereocenters. The maximum atomic E-state index is 6.09. The van der Waals surface area contributed by atoms with Crippen molar-refractivity contribution in [2.45, 2.75) is 33.9 Å². The smallest absolute Gasteiger partial charge is 0.166 e. The van der Waals surface area contributed by atoms with Crippen molar-refractivity contribution in [2.24, 2.45) is 5.92 Å². The summed E-state index contributed by atoms with van der Waals surface area (Å²) >= 11 is 0. The van der Waals surface area contributed by atoms with Gasteiger partial charge in [-0.05, 0) is 31.0 Å². The van der Waals surface area contributed by atoms with Crippen molar-refractivity contribution >= 4 is 0 Å². The van der Waals surface area contributed by atoms with Gasteiger partial charge in [0.2, 0.25) is 0 Å². The van der Waals surface area contributed by atoms with Crippen LogP contribution in [0.25, 0.3) is 0 Å². The van der Waals surface area contributed by atoms with Crippen LogP contribution in [0.15, 0.2) is 42.5 Å². The van der Waals surface area contributed by atoms with Gasteiger partial charge >= 0.3 is 0 Å². The summed E-state index contributed by atoms with van der Waals surface area (Å²) in [4.78, 5) is 0. The van der Waals surface area contributed by atoms with E-state index in [1.807, 2.05) is 12.1 Å². The maximum absolute atomic E-state index is 6.09. The second kappa shape index (κ2) is 8.59. The average Bonchev–Trinajstić information content (AvgIpc) is 2.53. The van der Waals surface area contributed by atoms with Crippen molar-refractivity contribution in [1.82, 2.24) is 5.32 Å². The summed E-state index contributed by atoms with van der Waals surface area (Å²) < 4.78 is 11.6. The lowest BCUT2D eigenvalue weighted by atomic mass is 10.1. The minimum absolute atomic E-state index is 0.541. The second-order valence-electron chi connectivity index (χ2n) is 6.25. The fourth-order valence-corrected chi connectivity index (χ4v) is 2.48. The van der Waals surface area contributed by atoms with Crippen LogP contribution < -0.4 is 14.8 Å². The lowest BCUT2D eigenvalue weighted by molar-refractivity contribution is 0.280. The minimum Gasteiger partial charge on any atom is -0.493 e. The zero-order chi connectivity index (χ0) is 16.7. The van der Waals surface area contributed by atoms with Gasteiger partial charge in [-0.1, -0.05) is 55.8 Å². The van der Waals surface area contributed by atoms with Crippen LogP contribution >= 0.6 is 0 Å². The molecule has 0 aliphatic carbocycles. The molecule has 3 heteroatoms. The van der Waals surface area contributed by atoms with E-state index in [-0.39, 0.29) is 0 Å². The van der Waals surface area contributed by atoms with Crippen LogP contribution in [0.4, 0.5) is 0 Å². The Morgan fingerprint density at radius 3 is 2.57 bits per heavy atom. The number of nitrogens with one attached hydrogen (secondary N) is 1. The molecule has 3 nitrogen and oxygen atoms in total. The quantitative estimate of drug-likeness (QED) is 0.787. The zero-order valence-electron chi connectivity index (χ0n) is 14.6. The normalized spacial score (nSPS) is 10.8. The van der Waals surface area contributed by atoms with Crippen molar-refractivity contribution in [2.75, 3.05) is 13.7 Å². The summed E-state index contributed by atoms with van der Waals surface area (Å²) in [7, 11) is 1.68. The van der Waals surface area contributed by atoms with Crippen LogP contribution in [0.2, 0.25) is 0 Å². The molecule has 124 valence electrons. The second-order valence-corrected chi connectivity index (χ2v) is 6.25. The molecule has 0 aliphatic rings. The Kier molecular flexibility index (Phi) is 6.48. The van der Waals surface area contributed by atoms with Crippen LogP contribution in [0.3, 0.4) is 0 Å². The van der Waals surface area contributed by atoms with Crippen LogP contribution in [0.5, 0.6) is 11.5 Å². The number of aryl methyl sites for hydroxylation is 1. The molecule has 0 radical (unpaired) electrons. The van der Waals surface area contributed by atoms with Gasteiger partial charge in [0.25, 0.3) is 0 Å². The van der Waals surface area contributed by atoms with E-state index in [1.165, 1.54) is 5.56 Å². The molecule has 0 saturated heterocycles. The van der Waals surface area contributed by atoms with Crippen molar-refractivity contribution in [3.05, 3.63) is 59.2 Å².